The van der Waals surface area contributed by atoms with Crippen LogP contribution in [0, 0.1) is 0 Å². The van der Waals surface area contributed by atoms with Gasteiger partial charge >= 0.3 is 0 Å². The zero-order valence-corrected chi connectivity index (χ0v) is 20.5. The zero-order valence-electron chi connectivity index (χ0n) is 20.5. The number of benzene rings is 5. The number of carbonyl (C=O) groups excluding carboxylic acids is 1. The molecule has 0 saturated heterocycles. The summed E-state index contributed by atoms with van der Waals surface area (Å²) < 4.78 is 1.88. The number of rotatable bonds is 6. The summed E-state index contributed by atoms with van der Waals surface area (Å²) in [6, 6.07) is 40.4. The quantitative estimate of drug-likeness (QED) is 0.232. The van der Waals surface area contributed by atoms with Crippen LogP contribution < -0.4 is 0 Å². The minimum atomic E-state index is -0.168. The van der Waals surface area contributed by atoms with Crippen molar-refractivity contribution in [1.29, 1.82) is 0 Å². The van der Waals surface area contributed by atoms with Gasteiger partial charge in [-0.3, -0.25) is 9.36 Å². The number of hydrogen-bond donors (Lipinski definition) is 0. The molecule has 37 heavy (non-hydrogen) atoms. The van der Waals surface area contributed by atoms with Crippen molar-refractivity contribution in [3.05, 3.63) is 138 Å². The van der Waals surface area contributed by atoms with E-state index in [1.807, 2.05) is 83.4 Å². The number of aromatic nitrogens is 3. The van der Waals surface area contributed by atoms with Gasteiger partial charge in [0.05, 0.1) is 0 Å². The van der Waals surface area contributed by atoms with E-state index in [4.69, 9.17) is 0 Å². The second-order valence-corrected chi connectivity index (χ2v) is 9.00. The normalized spacial score (nSPS) is 11.1. The standard InChI is InChI=1S/C33H25N3O/c1-2-23-15-21-28(22-16-23)36-32(30-14-8-12-26-11-6-7-13-29(26)30)34-35-33(36)31(37)27-19-17-25(18-20-27)24-9-4-3-5-10-24/h3-22H,2H2,1H3. The molecule has 0 fully saturated rings. The number of carbonyl (C=O) groups is 1. The van der Waals surface area contributed by atoms with Crippen molar-refractivity contribution >= 4 is 16.6 Å². The Morgan fingerprint density at radius 2 is 1.35 bits per heavy atom. The van der Waals surface area contributed by atoms with Crippen molar-refractivity contribution in [1.82, 2.24) is 14.8 Å². The van der Waals surface area contributed by atoms with E-state index >= 15 is 0 Å². The lowest BCUT2D eigenvalue weighted by atomic mass is 10.0. The van der Waals surface area contributed by atoms with Crippen LogP contribution in [0.25, 0.3) is 39.0 Å². The number of aryl methyl sites for hydroxylation is 1. The third-order valence-corrected chi connectivity index (χ3v) is 6.75. The molecule has 178 valence electrons. The number of fused-ring (bicyclic) bond motifs is 1. The molecule has 0 N–H and O–H groups in total. The molecule has 1 heterocycles. The molecule has 0 atom stereocenters. The average molecular weight is 480 g/mol. The summed E-state index contributed by atoms with van der Waals surface area (Å²) in [6.45, 7) is 2.13. The van der Waals surface area contributed by atoms with Crippen LogP contribution in [0.5, 0.6) is 0 Å². The minimum absolute atomic E-state index is 0.168. The first-order valence-corrected chi connectivity index (χ1v) is 12.5. The fourth-order valence-corrected chi connectivity index (χ4v) is 4.73. The van der Waals surface area contributed by atoms with Gasteiger partial charge in [0.1, 0.15) is 0 Å². The first-order chi connectivity index (χ1) is 18.2. The van der Waals surface area contributed by atoms with Crippen LogP contribution in [0.3, 0.4) is 0 Å². The fourth-order valence-electron chi connectivity index (χ4n) is 4.73. The topological polar surface area (TPSA) is 47.8 Å². The van der Waals surface area contributed by atoms with Crippen molar-refractivity contribution < 1.29 is 4.79 Å². The second kappa shape index (κ2) is 9.67. The van der Waals surface area contributed by atoms with Gasteiger partial charge in [0.2, 0.25) is 11.6 Å². The number of ketones is 1. The van der Waals surface area contributed by atoms with Crippen molar-refractivity contribution in [2.45, 2.75) is 13.3 Å². The number of nitrogens with zero attached hydrogens (tertiary/aromatic N) is 3. The van der Waals surface area contributed by atoms with Crippen molar-refractivity contribution in [3.8, 4) is 28.2 Å². The van der Waals surface area contributed by atoms with Gasteiger partial charge in [-0.2, -0.15) is 0 Å². The molecule has 0 saturated carbocycles. The third kappa shape index (κ3) is 4.23. The van der Waals surface area contributed by atoms with E-state index < -0.39 is 0 Å². The Hall–Kier alpha value is -4.83. The Morgan fingerprint density at radius 3 is 2.11 bits per heavy atom. The van der Waals surface area contributed by atoms with E-state index in [1.54, 1.807) is 0 Å². The van der Waals surface area contributed by atoms with Gasteiger partial charge in [0.15, 0.2) is 5.82 Å². The first-order valence-electron chi connectivity index (χ1n) is 12.5. The molecule has 0 aliphatic heterocycles. The molecule has 0 unspecified atom stereocenters. The maximum Gasteiger partial charge on any atom is 0.230 e. The van der Waals surface area contributed by atoms with E-state index in [9.17, 15) is 4.79 Å². The first kappa shape index (κ1) is 22.6. The van der Waals surface area contributed by atoms with Gasteiger partial charge in [-0.15, -0.1) is 10.2 Å². The fraction of sp³-hybridized carbons (Fsp3) is 0.0606. The largest absolute Gasteiger partial charge is 0.285 e. The molecule has 0 aliphatic rings. The Balaban J connectivity index is 1.48. The highest BCUT2D eigenvalue weighted by Crippen LogP contribution is 2.31. The molecule has 0 amide bonds. The van der Waals surface area contributed by atoms with Crippen molar-refractivity contribution in [2.24, 2.45) is 0 Å². The van der Waals surface area contributed by atoms with Gasteiger partial charge in [0, 0.05) is 16.8 Å². The van der Waals surface area contributed by atoms with Crippen LogP contribution in [-0.2, 0) is 6.42 Å². The highest BCUT2D eigenvalue weighted by atomic mass is 16.1. The summed E-state index contributed by atoms with van der Waals surface area (Å²) in [6.07, 6.45) is 0.943. The van der Waals surface area contributed by atoms with Gasteiger partial charge in [0.25, 0.3) is 0 Å². The monoisotopic (exact) mass is 479 g/mol. The summed E-state index contributed by atoms with van der Waals surface area (Å²) in [5.41, 5.74) is 5.76. The Bertz CT molecular complexity index is 1690. The average Bonchev–Trinajstić information content (AvgIpc) is 3.42. The van der Waals surface area contributed by atoms with Crippen molar-refractivity contribution in [2.75, 3.05) is 0 Å². The lowest BCUT2D eigenvalue weighted by Crippen LogP contribution is -2.11. The highest BCUT2D eigenvalue weighted by molar-refractivity contribution is 6.08. The SMILES string of the molecule is CCc1ccc(-n2c(C(=O)c3ccc(-c4ccccc4)cc3)nnc2-c2cccc3ccccc23)cc1. The molecule has 0 bridgehead atoms. The van der Waals surface area contributed by atoms with Crippen LogP contribution in [0.1, 0.15) is 28.7 Å². The maximum absolute atomic E-state index is 13.8. The van der Waals surface area contributed by atoms with E-state index in [-0.39, 0.29) is 5.78 Å². The Morgan fingerprint density at radius 1 is 0.676 bits per heavy atom. The lowest BCUT2D eigenvalue weighted by Gasteiger charge is -2.12. The molecule has 4 heteroatoms. The van der Waals surface area contributed by atoms with Crippen LogP contribution in [-0.4, -0.2) is 20.5 Å². The smallest absolute Gasteiger partial charge is 0.230 e. The summed E-state index contributed by atoms with van der Waals surface area (Å²) in [7, 11) is 0. The predicted molar refractivity (Wildman–Crippen MR) is 149 cm³/mol. The van der Waals surface area contributed by atoms with E-state index in [1.165, 1.54) is 5.56 Å². The highest BCUT2D eigenvalue weighted by Gasteiger charge is 2.23. The van der Waals surface area contributed by atoms with E-state index in [0.29, 0.717) is 17.2 Å². The summed E-state index contributed by atoms with van der Waals surface area (Å²) >= 11 is 0. The molecule has 0 radical (unpaired) electrons. The van der Waals surface area contributed by atoms with E-state index in [0.717, 1.165) is 39.6 Å². The maximum atomic E-state index is 13.8. The van der Waals surface area contributed by atoms with Crippen LogP contribution in [0.4, 0.5) is 0 Å². The number of hydrogen-bond acceptors (Lipinski definition) is 3. The summed E-state index contributed by atoms with van der Waals surface area (Å²) in [5.74, 6) is 0.767. The molecule has 4 nitrogen and oxygen atoms in total. The molecular weight excluding hydrogens is 454 g/mol. The minimum Gasteiger partial charge on any atom is -0.285 e. The predicted octanol–water partition coefficient (Wildman–Crippen LogP) is 7.55. The van der Waals surface area contributed by atoms with Gasteiger partial charge in [-0.1, -0.05) is 116 Å². The van der Waals surface area contributed by atoms with Crippen molar-refractivity contribution in [3.63, 3.8) is 0 Å². The molecule has 6 rings (SSSR count). The van der Waals surface area contributed by atoms with Crippen LogP contribution >= 0.6 is 0 Å². The molecule has 6 aromatic rings. The van der Waals surface area contributed by atoms with Gasteiger partial charge in [-0.25, -0.2) is 0 Å². The molecule has 0 aliphatic carbocycles. The molecular formula is C33H25N3O. The Kier molecular flexibility index (Phi) is 5.91. The van der Waals surface area contributed by atoms with Gasteiger partial charge < -0.3 is 0 Å². The van der Waals surface area contributed by atoms with Gasteiger partial charge in [-0.05, 0) is 46.0 Å². The molecule has 1 aromatic heterocycles. The van der Waals surface area contributed by atoms with Crippen LogP contribution in [0.2, 0.25) is 0 Å². The molecule has 5 aromatic carbocycles. The third-order valence-electron chi connectivity index (χ3n) is 6.75. The van der Waals surface area contributed by atoms with E-state index in [2.05, 4.69) is 59.6 Å². The summed E-state index contributed by atoms with van der Waals surface area (Å²) in [4.78, 5) is 13.8. The second-order valence-electron chi connectivity index (χ2n) is 9.00. The van der Waals surface area contributed by atoms with Crippen LogP contribution in [0.15, 0.2) is 121 Å². The summed E-state index contributed by atoms with van der Waals surface area (Å²) in [5, 5.41) is 11.2. The lowest BCUT2D eigenvalue weighted by molar-refractivity contribution is 0.102. The molecule has 0 spiro atoms. The Labute approximate surface area is 215 Å². The zero-order chi connectivity index (χ0) is 25.2.